The zero-order valence-corrected chi connectivity index (χ0v) is 15.9. The van der Waals surface area contributed by atoms with E-state index in [0.717, 1.165) is 12.4 Å². The van der Waals surface area contributed by atoms with Crippen LogP contribution in [0.3, 0.4) is 0 Å². The number of anilines is 1. The van der Waals surface area contributed by atoms with Crippen molar-refractivity contribution in [3.05, 3.63) is 24.3 Å². The molecule has 0 aliphatic heterocycles. The van der Waals surface area contributed by atoms with Gasteiger partial charge in [0.05, 0.1) is 19.8 Å². The SMILES string of the molecule is CCCCC(CC)COCCOCCOc1ccc(N(C)C)cc1. The van der Waals surface area contributed by atoms with Crippen molar-refractivity contribution in [2.24, 2.45) is 5.92 Å². The molecule has 138 valence electrons. The quantitative estimate of drug-likeness (QED) is 0.471. The summed E-state index contributed by atoms with van der Waals surface area (Å²) in [5, 5.41) is 0. The monoisotopic (exact) mass is 337 g/mol. The van der Waals surface area contributed by atoms with Crippen LogP contribution >= 0.6 is 0 Å². The van der Waals surface area contributed by atoms with E-state index in [0.29, 0.717) is 32.3 Å². The largest absolute Gasteiger partial charge is 0.491 e. The van der Waals surface area contributed by atoms with E-state index >= 15 is 0 Å². The van der Waals surface area contributed by atoms with Crippen molar-refractivity contribution in [2.45, 2.75) is 39.5 Å². The number of ether oxygens (including phenoxy) is 3. The molecule has 0 radical (unpaired) electrons. The summed E-state index contributed by atoms with van der Waals surface area (Å²) in [7, 11) is 4.05. The molecule has 4 nitrogen and oxygen atoms in total. The Bertz CT molecular complexity index is 406. The second-order valence-electron chi connectivity index (χ2n) is 6.34. The van der Waals surface area contributed by atoms with Crippen LogP contribution in [0.4, 0.5) is 5.69 Å². The molecule has 1 aromatic rings. The normalized spacial score (nSPS) is 12.2. The fraction of sp³-hybridized carbons (Fsp3) is 0.700. The van der Waals surface area contributed by atoms with Gasteiger partial charge >= 0.3 is 0 Å². The smallest absolute Gasteiger partial charge is 0.119 e. The summed E-state index contributed by atoms with van der Waals surface area (Å²) < 4.78 is 16.9. The molecule has 4 heteroatoms. The number of hydrogen-bond donors (Lipinski definition) is 0. The van der Waals surface area contributed by atoms with Crippen LogP contribution in [0.25, 0.3) is 0 Å². The highest BCUT2D eigenvalue weighted by Crippen LogP contribution is 2.17. The maximum atomic E-state index is 5.71. The van der Waals surface area contributed by atoms with Crippen LogP contribution in [0.1, 0.15) is 39.5 Å². The van der Waals surface area contributed by atoms with Gasteiger partial charge < -0.3 is 19.1 Å². The molecule has 0 aromatic heterocycles. The van der Waals surface area contributed by atoms with E-state index in [1.807, 2.05) is 38.4 Å². The second kappa shape index (κ2) is 13.1. The zero-order valence-electron chi connectivity index (χ0n) is 15.9. The fourth-order valence-corrected chi connectivity index (χ4v) is 2.43. The topological polar surface area (TPSA) is 30.9 Å². The maximum absolute atomic E-state index is 5.71. The van der Waals surface area contributed by atoms with Crippen LogP contribution in [-0.2, 0) is 9.47 Å². The second-order valence-corrected chi connectivity index (χ2v) is 6.34. The zero-order chi connectivity index (χ0) is 17.6. The minimum atomic E-state index is 0.565. The Morgan fingerprint density at radius 1 is 0.917 bits per heavy atom. The van der Waals surface area contributed by atoms with Gasteiger partial charge in [-0.3, -0.25) is 0 Å². The van der Waals surface area contributed by atoms with E-state index in [1.54, 1.807) is 0 Å². The van der Waals surface area contributed by atoms with E-state index < -0.39 is 0 Å². The summed E-state index contributed by atoms with van der Waals surface area (Å²) >= 11 is 0. The standard InChI is InChI=1S/C20H35NO3/c1-5-7-8-18(6-2)17-23-14-13-22-15-16-24-20-11-9-19(10-12-20)21(3)4/h9-12,18H,5-8,13-17H2,1-4H3. The van der Waals surface area contributed by atoms with Crippen molar-refractivity contribution in [1.29, 1.82) is 0 Å². The van der Waals surface area contributed by atoms with Crippen LogP contribution in [0.2, 0.25) is 0 Å². The fourth-order valence-electron chi connectivity index (χ4n) is 2.43. The summed E-state index contributed by atoms with van der Waals surface area (Å²) in [6, 6.07) is 8.07. The Balaban J connectivity index is 2.00. The molecule has 0 fully saturated rings. The van der Waals surface area contributed by atoms with Crippen molar-refractivity contribution in [3.63, 3.8) is 0 Å². The van der Waals surface area contributed by atoms with Gasteiger partial charge in [-0.1, -0.05) is 33.1 Å². The number of nitrogens with zero attached hydrogens (tertiary/aromatic N) is 1. The van der Waals surface area contributed by atoms with Crippen molar-refractivity contribution >= 4 is 5.69 Å². The molecule has 1 atom stereocenters. The molecule has 0 N–H and O–H groups in total. The Labute approximate surface area is 148 Å². The van der Waals surface area contributed by atoms with Gasteiger partial charge in [0.1, 0.15) is 12.4 Å². The van der Waals surface area contributed by atoms with Crippen molar-refractivity contribution < 1.29 is 14.2 Å². The molecule has 0 saturated heterocycles. The van der Waals surface area contributed by atoms with E-state index in [-0.39, 0.29) is 0 Å². The number of rotatable bonds is 14. The first kappa shape index (κ1) is 20.8. The highest BCUT2D eigenvalue weighted by atomic mass is 16.5. The van der Waals surface area contributed by atoms with Crippen LogP contribution in [0, 0.1) is 5.92 Å². The third kappa shape index (κ3) is 9.14. The van der Waals surface area contributed by atoms with E-state index in [2.05, 4.69) is 18.7 Å². The van der Waals surface area contributed by atoms with E-state index in [9.17, 15) is 0 Å². The number of benzene rings is 1. The molecule has 0 aliphatic rings. The predicted octanol–water partition coefficient (Wildman–Crippen LogP) is 4.38. The first-order chi connectivity index (χ1) is 11.7. The molecule has 0 amide bonds. The molecule has 0 spiro atoms. The van der Waals surface area contributed by atoms with Gasteiger partial charge in [-0.25, -0.2) is 0 Å². The van der Waals surface area contributed by atoms with Gasteiger partial charge in [0, 0.05) is 26.4 Å². The van der Waals surface area contributed by atoms with Gasteiger partial charge in [0.25, 0.3) is 0 Å². The molecule has 0 heterocycles. The van der Waals surface area contributed by atoms with Crippen LogP contribution in [0.15, 0.2) is 24.3 Å². The van der Waals surface area contributed by atoms with Crippen LogP contribution < -0.4 is 9.64 Å². The lowest BCUT2D eigenvalue weighted by molar-refractivity contribution is 0.0229. The highest BCUT2D eigenvalue weighted by Gasteiger charge is 2.05. The van der Waals surface area contributed by atoms with E-state index in [4.69, 9.17) is 14.2 Å². The van der Waals surface area contributed by atoms with Gasteiger partial charge in [0.15, 0.2) is 0 Å². The maximum Gasteiger partial charge on any atom is 0.119 e. The minimum Gasteiger partial charge on any atom is -0.491 e. The minimum absolute atomic E-state index is 0.565. The van der Waals surface area contributed by atoms with Crippen molar-refractivity contribution in [1.82, 2.24) is 0 Å². The molecule has 1 aromatic carbocycles. The van der Waals surface area contributed by atoms with Gasteiger partial charge in [-0.2, -0.15) is 0 Å². The lowest BCUT2D eigenvalue weighted by atomic mass is 10.0. The molecule has 0 saturated carbocycles. The molecule has 0 aliphatic carbocycles. The van der Waals surface area contributed by atoms with Gasteiger partial charge in [0.2, 0.25) is 0 Å². The lowest BCUT2D eigenvalue weighted by Crippen LogP contribution is -2.14. The molecule has 1 rings (SSSR count). The summed E-state index contributed by atoms with van der Waals surface area (Å²) in [5.74, 6) is 1.57. The van der Waals surface area contributed by atoms with Crippen molar-refractivity contribution in [2.75, 3.05) is 52.0 Å². The van der Waals surface area contributed by atoms with Crippen LogP contribution in [0.5, 0.6) is 5.75 Å². The number of hydrogen-bond acceptors (Lipinski definition) is 4. The first-order valence-electron chi connectivity index (χ1n) is 9.23. The third-order valence-corrected chi connectivity index (χ3v) is 4.12. The average Bonchev–Trinajstić information content (AvgIpc) is 2.60. The molecule has 1 unspecified atom stereocenters. The average molecular weight is 338 g/mol. The highest BCUT2D eigenvalue weighted by molar-refractivity contribution is 5.47. The summed E-state index contributed by atoms with van der Waals surface area (Å²) in [6.07, 6.45) is 5.03. The number of unbranched alkanes of at least 4 members (excludes halogenated alkanes) is 1. The van der Waals surface area contributed by atoms with E-state index in [1.165, 1.54) is 31.4 Å². The third-order valence-electron chi connectivity index (χ3n) is 4.12. The predicted molar refractivity (Wildman–Crippen MR) is 101 cm³/mol. The Morgan fingerprint density at radius 3 is 2.21 bits per heavy atom. The first-order valence-corrected chi connectivity index (χ1v) is 9.23. The molecular formula is C20H35NO3. The Hall–Kier alpha value is -1.26. The summed E-state index contributed by atoms with van der Waals surface area (Å²) in [4.78, 5) is 2.07. The lowest BCUT2D eigenvalue weighted by Gasteiger charge is -2.15. The Kier molecular flexibility index (Phi) is 11.3. The van der Waals surface area contributed by atoms with Crippen LogP contribution in [-0.4, -0.2) is 47.1 Å². The molecule has 0 bridgehead atoms. The van der Waals surface area contributed by atoms with Gasteiger partial charge in [-0.15, -0.1) is 0 Å². The van der Waals surface area contributed by atoms with Gasteiger partial charge in [-0.05, 0) is 36.6 Å². The summed E-state index contributed by atoms with van der Waals surface area (Å²) in [5.41, 5.74) is 1.17. The Morgan fingerprint density at radius 2 is 1.58 bits per heavy atom. The molecular weight excluding hydrogens is 302 g/mol. The molecule has 24 heavy (non-hydrogen) atoms. The summed E-state index contributed by atoms with van der Waals surface area (Å²) in [6.45, 7) is 7.78. The van der Waals surface area contributed by atoms with Crippen molar-refractivity contribution in [3.8, 4) is 5.75 Å².